The molecular formula is C13H10BrCl2NO3S. The molecule has 2 aromatic rings. The summed E-state index contributed by atoms with van der Waals surface area (Å²) >= 11 is 15.3. The smallest absolute Gasteiger partial charge is 0.239 e. The molecule has 0 radical (unpaired) electrons. The number of nitrogens with two attached hydrogens (primary N) is 1. The van der Waals surface area contributed by atoms with E-state index in [0.717, 1.165) is 10.0 Å². The van der Waals surface area contributed by atoms with E-state index in [1.165, 1.54) is 12.1 Å². The van der Waals surface area contributed by atoms with Crippen LogP contribution < -0.4 is 9.88 Å². The van der Waals surface area contributed by atoms with Crippen molar-refractivity contribution in [3.05, 3.63) is 56.5 Å². The van der Waals surface area contributed by atoms with Crippen LogP contribution in [0.1, 0.15) is 5.56 Å². The van der Waals surface area contributed by atoms with Crippen LogP contribution in [0.15, 0.2) is 45.8 Å². The SMILES string of the molecule is NS(=O)(=O)c1ccc(OCc2ccc(Br)cc2)c(Cl)c1Cl. The second-order valence-corrected chi connectivity index (χ2v) is 7.35. The van der Waals surface area contributed by atoms with Crippen LogP contribution >= 0.6 is 39.1 Å². The molecule has 2 aromatic carbocycles. The van der Waals surface area contributed by atoms with E-state index in [4.69, 9.17) is 33.1 Å². The zero-order chi connectivity index (χ0) is 15.6. The number of hydrogen-bond donors (Lipinski definition) is 1. The fourth-order valence-corrected chi connectivity index (χ4v) is 3.21. The molecule has 0 aromatic heterocycles. The lowest BCUT2D eigenvalue weighted by molar-refractivity contribution is 0.306. The van der Waals surface area contributed by atoms with Crippen LogP contribution in [-0.2, 0) is 16.6 Å². The summed E-state index contributed by atoms with van der Waals surface area (Å²) in [7, 11) is -3.92. The van der Waals surface area contributed by atoms with Crippen molar-refractivity contribution in [3.8, 4) is 5.75 Å². The maximum Gasteiger partial charge on any atom is 0.239 e. The molecule has 0 aliphatic carbocycles. The molecule has 0 spiro atoms. The van der Waals surface area contributed by atoms with Gasteiger partial charge in [-0.05, 0) is 29.8 Å². The van der Waals surface area contributed by atoms with E-state index < -0.39 is 10.0 Å². The minimum Gasteiger partial charge on any atom is -0.487 e. The number of sulfonamides is 1. The zero-order valence-corrected chi connectivity index (χ0v) is 14.4. The first kappa shape index (κ1) is 16.6. The molecule has 0 fully saturated rings. The van der Waals surface area contributed by atoms with Crippen LogP contribution in [0, 0.1) is 0 Å². The number of hydrogen-bond acceptors (Lipinski definition) is 3. The summed E-state index contributed by atoms with van der Waals surface area (Å²) in [5, 5.41) is 4.91. The van der Waals surface area contributed by atoms with Gasteiger partial charge in [0.15, 0.2) is 0 Å². The highest BCUT2D eigenvalue weighted by Gasteiger charge is 2.18. The van der Waals surface area contributed by atoms with Gasteiger partial charge in [-0.2, -0.15) is 0 Å². The molecule has 0 saturated heterocycles. The number of primary sulfonamides is 1. The third-order valence-electron chi connectivity index (χ3n) is 2.63. The molecule has 0 amide bonds. The van der Waals surface area contributed by atoms with Crippen molar-refractivity contribution >= 4 is 49.2 Å². The largest absolute Gasteiger partial charge is 0.487 e. The Balaban J connectivity index is 2.22. The number of halogens is 3. The van der Waals surface area contributed by atoms with Gasteiger partial charge in [0.2, 0.25) is 10.0 Å². The lowest BCUT2D eigenvalue weighted by Gasteiger charge is -2.11. The Kier molecular flexibility index (Phi) is 5.16. The molecular weight excluding hydrogens is 401 g/mol. The van der Waals surface area contributed by atoms with Crippen molar-refractivity contribution in [1.29, 1.82) is 0 Å². The number of rotatable bonds is 4. The molecule has 0 unspecified atom stereocenters. The van der Waals surface area contributed by atoms with E-state index in [1.807, 2.05) is 24.3 Å². The van der Waals surface area contributed by atoms with Crippen molar-refractivity contribution in [3.63, 3.8) is 0 Å². The Morgan fingerprint density at radius 2 is 1.67 bits per heavy atom. The van der Waals surface area contributed by atoms with Gasteiger partial charge >= 0.3 is 0 Å². The summed E-state index contributed by atoms with van der Waals surface area (Å²) in [6.45, 7) is 0.276. The maximum absolute atomic E-state index is 11.3. The molecule has 0 atom stereocenters. The summed E-state index contributed by atoms with van der Waals surface area (Å²) < 4.78 is 29.1. The predicted molar refractivity (Wildman–Crippen MR) is 86.3 cm³/mol. The molecule has 2 N–H and O–H groups in total. The third kappa shape index (κ3) is 4.11. The molecule has 112 valence electrons. The van der Waals surface area contributed by atoms with Gasteiger partial charge in [0.25, 0.3) is 0 Å². The molecule has 0 aliphatic rings. The summed E-state index contributed by atoms with van der Waals surface area (Å²) in [5.41, 5.74) is 0.931. The van der Waals surface area contributed by atoms with Crippen molar-refractivity contribution in [2.24, 2.45) is 5.14 Å². The first-order chi connectivity index (χ1) is 9.79. The van der Waals surface area contributed by atoms with Gasteiger partial charge in [-0.25, -0.2) is 13.6 Å². The van der Waals surface area contributed by atoms with Crippen molar-refractivity contribution < 1.29 is 13.2 Å². The summed E-state index contributed by atoms with van der Waals surface area (Å²) in [5.74, 6) is 0.289. The molecule has 8 heteroatoms. The van der Waals surface area contributed by atoms with Crippen molar-refractivity contribution in [2.45, 2.75) is 11.5 Å². The van der Waals surface area contributed by atoms with Gasteiger partial charge in [0.05, 0.1) is 5.02 Å². The van der Waals surface area contributed by atoms with Gasteiger partial charge in [0.1, 0.15) is 22.3 Å². The van der Waals surface area contributed by atoms with Gasteiger partial charge in [-0.1, -0.05) is 51.3 Å². The molecule has 2 rings (SSSR count). The summed E-state index contributed by atoms with van der Waals surface area (Å²) in [6.07, 6.45) is 0. The summed E-state index contributed by atoms with van der Waals surface area (Å²) in [6, 6.07) is 10.2. The highest BCUT2D eigenvalue weighted by atomic mass is 79.9. The number of benzene rings is 2. The lowest BCUT2D eigenvalue weighted by atomic mass is 10.2. The van der Waals surface area contributed by atoms with Crippen LogP contribution in [0.4, 0.5) is 0 Å². The normalized spacial score (nSPS) is 11.4. The monoisotopic (exact) mass is 409 g/mol. The Morgan fingerprint density at radius 1 is 1.05 bits per heavy atom. The molecule has 4 nitrogen and oxygen atoms in total. The fraction of sp³-hybridized carbons (Fsp3) is 0.0769. The quantitative estimate of drug-likeness (QED) is 0.828. The summed E-state index contributed by atoms with van der Waals surface area (Å²) in [4.78, 5) is -0.231. The van der Waals surface area contributed by atoms with Gasteiger partial charge < -0.3 is 4.74 Å². The van der Waals surface area contributed by atoms with Gasteiger partial charge in [0, 0.05) is 4.47 Å². The first-order valence-corrected chi connectivity index (χ1v) is 8.76. The van der Waals surface area contributed by atoms with E-state index in [-0.39, 0.29) is 27.3 Å². The van der Waals surface area contributed by atoms with Gasteiger partial charge in [-0.15, -0.1) is 0 Å². The van der Waals surface area contributed by atoms with Crippen LogP contribution in [0.2, 0.25) is 10.0 Å². The molecule has 0 aliphatic heterocycles. The Morgan fingerprint density at radius 3 is 2.24 bits per heavy atom. The van der Waals surface area contributed by atoms with E-state index in [9.17, 15) is 8.42 Å². The van der Waals surface area contributed by atoms with Crippen molar-refractivity contribution in [1.82, 2.24) is 0 Å². The second kappa shape index (κ2) is 6.54. The Bertz CT molecular complexity index is 764. The minimum absolute atomic E-state index is 0.0142. The lowest BCUT2D eigenvalue weighted by Crippen LogP contribution is -2.13. The van der Waals surface area contributed by atoms with Crippen molar-refractivity contribution in [2.75, 3.05) is 0 Å². The predicted octanol–water partition coefficient (Wildman–Crippen LogP) is 3.98. The first-order valence-electron chi connectivity index (χ1n) is 5.67. The topological polar surface area (TPSA) is 69.4 Å². The number of ether oxygens (including phenoxy) is 1. The average Bonchev–Trinajstić information content (AvgIpc) is 2.41. The molecule has 0 bridgehead atoms. The maximum atomic E-state index is 11.3. The van der Waals surface area contributed by atoms with E-state index in [1.54, 1.807) is 0 Å². The van der Waals surface area contributed by atoms with E-state index in [2.05, 4.69) is 15.9 Å². The highest BCUT2D eigenvalue weighted by Crippen LogP contribution is 2.36. The van der Waals surface area contributed by atoms with Crippen LogP contribution in [0.3, 0.4) is 0 Å². The van der Waals surface area contributed by atoms with Crippen LogP contribution in [0.5, 0.6) is 5.75 Å². The molecule has 0 heterocycles. The molecule has 0 saturated carbocycles. The minimum atomic E-state index is -3.92. The van der Waals surface area contributed by atoms with Crippen LogP contribution in [-0.4, -0.2) is 8.42 Å². The molecule has 21 heavy (non-hydrogen) atoms. The standard InChI is InChI=1S/C13H10BrCl2NO3S/c14-9-3-1-8(2-4-9)7-20-10-5-6-11(21(17,18)19)13(16)12(10)15/h1-6H,7H2,(H2,17,18,19). The Hall–Kier alpha value is -0.790. The van der Waals surface area contributed by atoms with E-state index in [0.29, 0.717) is 0 Å². The van der Waals surface area contributed by atoms with Gasteiger partial charge in [-0.3, -0.25) is 0 Å². The second-order valence-electron chi connectivity index (χ2n) is 4.15. The zero-order valence-electron chi connectivity index (χ0n) is 10.5. The average molecular weight is 411 g/mol. The highest BCUT2D eigenvalue weighted by molar-refractivity contribution is 9.10. The van der Waals surface area contributed by atoms with Crippen LogP contribution in [0.25, 0.3) is 0 Å². The Labute approximate surface area is 141 Å². The third-order valence-corrected chi connectivity index (χ3v) is 5.08. The fourth-order valence-electron chi connectivity index (χ4n) is 1.59. The van der Waals surface area contributed by atoms with E-state index >= 15 is 0 Å².